The van der Waals surface area contributed by atoms with Crippen molar-refractivity contribution < 1.29 is 14.5 Å². The third-order valence-corrected chi connectivity index (χ3v) is 6.76. The molecule has 1 N–H and O–H groups in total. The summed E-state index contributed by atoms with van der Waals surface area (Å²) in [4.78, 5) is 40.3. The van der Waals surface area contributed by atoms with Crippen LogP contribution in [-0.4, -0.2) is 65.3 Å². The average Bonchev–Trinajstić information content (AvgIpc) is 3.32. The van der Waals surface area contributed by atoms with Crippen molar-refractivity contribution in [1.82, 2.24) is 15.1 Å². The minimum atomic E-state index is -0.470. The summed E-state index contributed by atoms with van der Waals surface area (Å²) in [7, 11) is 0. The normalized spacial score (nSPS) is 19.7. The molecule has 2 aliphatic rings. The monoisotopic (exact) mass is 430 g/mol. The maximum Gasteiger partial charge on any atom is 0.269 e. The standard InChI is InChI=1S/C23H34N4O4/c1-3-17(2)16-24-22(28)21(18-6-4-5-7-18)25-12-14-26(15-13-25)23(29)19-8-10-20(11-9-19)27(30)31/h8-11,17-18,21H,3-7,12-16H2,1-2H3,(H,24,28)/t17-,21-/m0/s1. The molecule has 1 aromatic carbocycles. The van der Waals surface area contributed by atoms with Crippen LogP contribution in [-0.2, 0) is 4.79 Å². The van der Waals surface area contributed by atoms with Crippen LogP contribution in [0.1, 0.15) is 56.3 Å². The van der Waals surface area contributed by atoms with E-state index < -0.39 is 4.92 Å². The lowest BCUT2D eigenvalue weighted by Crippen LogP contribution is -2.58. The highest BCUT2D eigenvalue weighted by molar-refractivity contribution is 5.94. The number of amides is 2. The lowest BCUT2D eigenvalue weighted by Gasteiger charge is -2.41. The molecule has 0 spiro atoms. The molecule has 1 heterocycles. The topological polar surface area (TPSA) is 95.8 Å². The van der Waals surface area contributed by atoms with Crippen molar-refractivity contribution >= 4 is 17.5 Å². The van der Waals surface area contributed by atoms with Crippen LogP contribution >= 0.6 is 0 Å². The van der Waals surface area contributed by atoms with Crippen molar-refractivity contribution in [3.8, 4) is 0 Å². The number of carbonyl (C=O) groups is 2. The molecule has 0 radical (unpaired) electrons. The molecule has 3 rings (SSSR count). The molecule has 31 heavy (non-hydrogen) atoms. The number of hydrogen-bond donors (Lipinski definition) is 1. The van der Waals surface area contributed by atoms with Crippen LogP contribution in [0.3, 0.4) is 0 Å². The van der Waals surface area contributed by atoms with E-state index in [1.165, 1.54) is 37.1 Å². The fourth-order valence-corrected chi connectivity index (χ4v) is 4.59. The van der Waals surface area contributed by atoms with Crippen LogP contribution in [0.15, 0.2) is 24.3 Å². The fourth-order valence-electron chi connectivity index (χ4n) is 4.59. The van der Waals surface area contributed by atoms with Gasteiger partial charge in [-0.3, -0.25) is 24.6 Å². The maximum absolute atomic E-state index is 13.1. The second kappa shape index (κ2) is 10.7. The summed E-state index contributed by atoms with van der Waals surface area (Å²) in [5, 5.41) is 14.0. The van der Waals surface area contributed by atoms with Gasteiger partial charge in [0.1, 0.15) is 0 Å². The van der Waals surface area contributed by atoms with Gasteiger partial charge < -0.3 is 10.2 Å². The van der Waals surface area contributed by atoms with Gasteiger partial charge in [-0.2, -0.15) is 0 Å². The molecule has 0 unspecified atom stereocenters. The largest absolute Gasteiger partial charge is 0.354 e. The predicted molar refractivity (Wildman–Crippen MR) is 119 cm³/mol. The highest BCUT2D eigenvalue weighted by Gasteiger charge is 2.37. The van der Waals surface area contributed by atoms with Gasteiger partial charge in [0, 0.05) is 50.4 Å². The van der Waals surface area contributed by atoms with Gasteiger partial charge >= 0.3 is 0 Å². The van der Waals surface area contributed by atoms with Gasteiger partial charge in [0.25, 0.3) is 11.6 Å². The van der Waals surface area contributed by atoms with Gasteiger partial charge in [-0.1, -0.05) is 33.1 Å². The lowest BCUT2D eigenvalue weighted by atomic mass is 9.94. The Morgan fingerprint density at radius 1 is 1.13 bits per heavy atom. The third kappa shape index (κ3) is 5.81. The second-order valence-corrected chi connectivity index (χ2v) is 8.88. The van der Waals surface area contributed by atoms with Crippen LogP contribution < -0.4 is 5.32 Å². The maximum atomic E-state index is 13.1. The Morgan fingerprint density at radius 3 is 2.29 bits per heavy atom. The number of nitrogens with one attached hydrogen (secondary N) is 1. The summed E-state index contributed by atoms with van der Waals surface area (Å²) < 4.78 is 0. The number of nitrogens with zero attached hydrogens (tertiary/aromatic N) is 3. The Bertz CT molecular complexity index is 768. The number of rotatable bonds is 8. The second-order valence-electron chi connectivity index (χ2n) is 8.88. The molecule has 0 aromatic heterocycles. The average molecular weight is 431 g/mol. The number of nitro benzene ring substituents is 1. The molecule has 1 aliphatic carbocycles. The van der Waals surface area contributed by atoms with Crippen molar-refractivity contribution in [3.05, 3.63) is 39.9 Å². The van der Waals surface area contributed by atoms with Gasteiger partial charge in [0.05, 0.1) is 11.0 Å². The smallest absolute Gasteiger partial charge is 0.269 e. The number of carbonyl (C=O) groups excluding carboxylic acids is 2. The summed E-state index contributed by atoms with van der Waals surface area (Å²) in [5.74, 6) is 0.855. The fraction of sp³-hybridized carbons (Fsp3) is 0.652. The molecule has 8 heteroatoms. The number of piperazine rings is 1. The zero-order valence-corrected chi connectivity index (χ0v) is 18.6. The van der Waals surface area contributed by atoms with Gasteiger partial charge in [-0.15, -0.1) is 0 Å². The van der Waals surface area contributed by atoms with E-state index in [9.17, 15) is 19.7 Å². The first-order chi connectivity index (χ1) is 14.9. The highest BCUT2D eigenvalue weighted by atomic mass is 16.6. The quantitative estimate of drug-likeness (QED) is 0.505. The van der Waals surface area contributed by atoms with E-state index in [1.807, 2.05) is 0 Å². The van der Waals surface area contributed by atoms with E-state index in [-0.39, 0.29) is 23.5 Å². The lowest BCUT2D eigenvalue weighted by molar-refractivity contribution is -0.384. The Balaban J connectivity index is 1.61. The molecular formula is C23H34N4O4. The van der Waals surface area contributed by atoms with E-state index in [4.69, 9.17) is 0 Å². The summed E-state index contributed by atoms with van der Waals surface area (Å²) in [6.45, 7) is 7.42. The Kier molecular flexibility index (Phi) is 8.01. The first-order valence-corrected chi connectivity index (χ1v) is 11.5. The Hall–Kier alpha value is -2.48. The molecule has 2 fully saturated rings. The number of nitro groups is 1. The van der Waals surface area contributed by atoms with Crippen LogP contribution in [0.4, 0.5) is 5.69 Å². The van der Waals surface area contributed by atoms with Crippen LogP contribution in [0.5, 0.6) is 0 Å². The van der Waals surface area contributed by atoms with Gasteiger partial charge in [-0.25, -0.2) is 0 Å². The molecule has 0 bridgehead atoms. The molecule has 8 nitrogen and oxygen atoms in total. The molecule has 1 saturated heterocycles. The highest BCUT2D eigenvalue weighted by Crippen LogP contribution is 2.31. The van der Waals surface area contributed by atoms with E-state index >= 15 is 0 Å². The van der Waals surface area contributed by atoms with Crippen molar-refractivity contribution in [2.45, 2.75) is 52.0 Å². The molecular weight excluding hydrogens is 396 g/mol. The van der Waals surface area contributed by atoms with Crippen molar-refractivity contribution in [3.63, 3.8) is 0 Å². The summed E-state index contributed by atoms with van der Waals surface area (Å²) in [6, 6.07) is 5.62. The van der Waals surface area contributed by atoms with Gasteiger partial charge in [0.2, 0.25) is 5.91 Å². The molecule has 2 amide bonds. The van der Waals surface area contributed by atoms with Crippen molar-refractivity contribution in [1.29, 1.82) is 0 Å². The molecule has 1 aliphatic heterocycles. The molecule has 2 atom stereocenters. The third-order valence-electron chi connectivity index (χ3n) is 6.76. The Morgan fingerprint density at radius 2 is 1.74 bits per heavy atom. The van der Waals surface area contributed by atoms with Crippen LogP contribution in [0, 0.1) is 22.0 Å². The summed E-state index contributed by atoms with van der Waals surface area (Å²) >= 11 is 0. The van der Waals surface area contributed by atoms with Gasteiger partial charge in [-0.05, 0) is 36.8 Å². The van der Waals surface area contributed by atoms with Crippen LogP contribution in [0.25, 0.3) is 0 Å². The minimum Gasteiger partial charge on any atom is -0.354 e. The Labute approximate surface area is 184 Å². The first-order valence-electron chi connectivity index (χ1n) is 11.5. The summed E-state index contributed by atoms with van der Waals surface area (Å²) in [6.07, 6.45) is 5.57. The van der Waals surface area contributed by atoms with Crippen LogP contribution in [0.2, 0.25) is 0 Å². The molecule has 1 aromatic rings. The van der Waals surface area contributed by atoms with Crippen molar-refractivity contribution in [2.75, 3.05) is 32.7 Å². The zero-order valence-electron chi connectivity index (χ0n) is 18.6. The van der Waals surface area contributed by atoms with E-state index in [2.05, 4.69) is 24.1 Å². The van der Waals surface area contributed by atoms with E-state index in [0.29, 0.717) is 50.1 Å². The van der Waals surface area contributed by atoms with Gasteiger partial charge in [0.15, 0.2) is 0 Å². The molecule has 1 saturated carbocycles. The SMILES string of the molecule is CC[C@H](C)CNC(=O)[C@H](C1CCCC1)N1CCN(C(=O)c2ccc([N+](=O)[O-])cc2)CC1. The number of benzene rings is 1. The summed E-state index contributed by atoms with van der Waals surface area (Å²) in [5.41, 5.74) is 0.432. The molecule has 170 valence electrons. The first kappa shape index (κ1) is 23.2. The van der Waals surface area contributed by atoms with E-state index in [1.54, 1.807) is 4.90 Å². The predicted octanol–water partition coefficient (Wildman–Crippen LogP) is 3.07. The number of hydrogen-bond acceptors (Lipinski definition) is 5. The minimum absolute atomic E-state index is 0.0239. The number of non-ortho nitro benzene ring substituents is 1. The zero-order chi connectivity index (χ0) is 22.4. The van der Waals surface area contributed by atoms with E-state index in [0.717, 1.165) is 19.3 Å². The van der Waals surface area contributed by atoms with Crippen molar-refractivity contribution in [2.24, 2.45) is 11.8 Å².